The second-order valence-electron chi connectivity index (χ2n) is 15.8. The third kappa shape index (κ3) is 14.9. The van der Waals surface area contributed by atoms with Gasteiger partial charge in [0, 0.05) is 54.6 Å². The van der Waals surface area contributed by atoms with Gasteiger partial charge in [0.1, 0.15) is 17.2 Å². The van der Waals surface area contributed by atoms with Crippen molar-refractivity contribution in [2.75, 3.05) is 20.3 Å². The number of hydrogen-bond acceptors (Lipinski definition) is 13. The number of thiazole rings is 2. The maximum atomic E-state index is 13.5. The Labute approximate surface area is 357 Å². The molecule has 2 aromatic rings. The Balaban J connectivity index is 1.58. The second kappa shape index (κ2) is 23.6. The zero-order valence-electron chi connectivity index (χ0n) is 34.8. The number of hydrogen-bond donors (Lipinski definition) is 4. The minimum absolute atomic E-state index is 0.0323. The quantitative estimate of drug-likeness (QED) is 0.129. The van der Waals surface area contributed by atoms with Crippen LogP contribution in [0.2, 0.25) is 0 Å². The fraction of sp³-hybridized carbons (Fsp3) is 0.478. The van der Waals surface area contributed by atoms with Gasteiger partial charge in [-0.3, -0.25) is 0 Å². The summed E-state index contributed by atoms with van der Waals surface area (Å²) in [6.45, 7) is 7.90. The average Bonchev–Trinajstić information content (AvgIpc) is 3.52. The zero-order chi connectivity index (χ0) is 42.8. The van der Waals surface area contributed by atoms with Crippen molar-refractivity contribution in [1.82, 2.24) is 9.97 Å². The topological polar surface area (TPSA) is 174 Å². The molecule has 13 heteroatoms. The van der Waals surface area contributed by atoms with E-state index in [1.54, 1.807) is 36.1 Å². The molecule has 5 N–H and O–H groups in total. The van der Waals surface area contributed by atoms with Crippen LogP contribution in [0.4, 0.5) is 0 Å². The largest absolute Gasteiger partial charge is 0.457 e. The molecule has 2 aliphatic rings. The van der Waals surface area contributed by atoms with Crippen LogP contribution in [0.3, 0.4) is 0 Å². The average molecular weight is 848 g/mol. The van der Waals surface area contributed by atoms with Crippen molar-refractivity contribution in [2.45, 2.75) is 96.7 Å². The summed E-state index contributed by atoms with van der Waals surface area (Å²) in [4.78, 5) is 36.0. The lowest BCUT2D eigenvalue weighted by Crippen LogP contribution is -2.42. The summed E-state index contributed by atoms with van der Waals surface area (Å²) in [7, 11) is 1.61. The molecule has 11 nitrogen and oxygen atoms in total. The number of allylic oxidation sites excluding steroid dienone is 8. The van der Waals surface area contributed by atoms with Crippen LogP contribution in [0.1, 0.15) is 90.8 Å². The molecule has 1 saturated carbocycles. The Hall–Kier alpha value is -4.08. The van der Waals surface area contributed by atoms with Crippen LogP contribution >= 0.6 is 22.7 Å². The molecule has 320 valence electrons. The molecule has 0 radical (unpaired) electrons. The third-order valence-electron chi connectivity index (χ3n) is 10.6. The van der Waals surface area contributed by atoms with Gasteiger partial charge in [0.05, 0.1) is 23.3 Å². The lowest BCUT2D eigenvalue weighted by molar-refractivity contribution is -0.0461. The Morgan fingerprint density at radius 2 is 1.41 bits per heavy atom. The molecule has 59 heavy (non-hydrogen) atoms. The highest BCUT2D eigenvalue weighted by Crippen LogP contribution is 2.41. The molecule has 0 aromatic carbocycles. The van der Waals surface area contributed by atoms with Gasteiger partial charge in [-0.1, -0.05) is 119 Å². The number of methoxy groups -OCH3 is 1. The van der Waals surface area contributed by atoms with Crippen LogP contribution in [-0.4, -0.2) is 88.0 Å². The number of nitrogens with zero attached hydrogens (tertiary/aromatic N) is 2. The predicted molar refractivity (Wildman–Crippen MR) is 236 cm³/mol. The minimum Gasteiger partial charge on any atom is -0.457 e. The lowest BCUT2D eigenvalue weighted by Gasteiger charge is -2.36. The maximum absolute atomic E-state index is 13.5. The maximum Gasteiger partial charge on any atom is 0.358 e. The van der Waals surface area contributed by atoms with Crippen LogP contribution in [0.15, 0.2) is 102 Å². The summed E-state index contributed by atoms with van der Waals surface area (Å²) in [6, 6.07) is 0. The van der Waals surface area contributed by atoms with Gasteiger partial charge in [-0.25, -0.2) is 19.6 Å². The van der Waals surface area contributed by atoms with Crippen molar-refractivity contribution in [1.29, 1.82) is 0 Å². The van der Waals surface area contributed by atoms with E-state index in [-0.39, 0.29) is 24.1 Å². The molecular formula is C46H61N3O8S2. The summed E-state index contributed by atoms with van der Waals surface area (Å²) in [6.07, 6.45) is 29.9. The van der Waals surface area contributed by atoms with E-state index >= 15 is 0 Å². The first-order valence-corrected chi connectivity index (χ1v) is 21.9. The van der Waals surface area contributed by atoms with E-state index in [0.717, 1.165) is 6.42 Å². The van der Waals surface area contributed by atoms with E-state index in [0.29, 0.717) is 60.5 Å². The number of esters is 2. The Morgan fingerprint density at radius 3 is 2.07 bits per heavy atom. The summed E-state index contributed by atoms with van der Waals surface area (Å²) < 4.78 is 17.8. The third-order valence-corrected chi connectivity index (χ3v) is 12.3. The number of aliphatic hydroxyl groups excluding tert-OH is 3. The molecular weight excluding hydrogens is 787 g/mol. The van der Waals surface area contributed by atoms with E-state index in [1.165, 1.54) is 22.7 Å². The number of ether oxygens (including phenoxy) is 3. The van der Waals surface area contributed by atoms with Crippen LogP contribution in [0.5, 0.6) is 0 Å². The van der Waals surface area contributed by atoms with Crippen LogP contribution in [0, 0.1) is 22.7 Å². The van der Waals surface area contributed by atoms with Crippen LogP contribution in [-0.2, 0) is 20.6 Å². The first-order chi connectivity index (χ1) is 28.3. The number of nitrogens with two attached hydrogens (primary N) is 1. The molecule has 4 rings (SSSR count). The molecule has 0 spiro atoms. The molecule has 0 saturated heterocycles. The van der Waals surface area contributed by atoms with Gasteiger partial charge >= 0.3 is 11.9 Å². The number of aliphatic hydroxyl groups is 3. The molecule has 0 unspecified atom stereocenters. The highest BCUT2D eigenvalue weighted by atomic mass is 32.1. The van der Waals surface area contributed by atoms with Gasteiger partial charge in [0.15, 0.2) is 11.4 Å². The van der Waals surface area contributed by atoms with Crippen molar-refractivity contribution in [3.8, 4) is 0 Å². The Bertz CT molecular complexity index is 1880. The van der Waals surface area contributed by atoms with Gasteiger partial charge in [0.2, 0.25) is 0 Å². The molecule has 7 atom stereocenters. The van der Waals surface area contributed by atoms with Gasteiger partial charge in [0.25, 0.3) is 0 Å². The monoisotopic (exact) mass is 847 g/mol. The number of carbonyl (C=O) groups excluding carboxylic acids is 2. The highest BCUT2D eigenvalue weighted by Gasteiger charge is 2.40. The second-order valence-corrected chi connectivity index (χ2v) is 17.7. The van der Waals surface area contributed by atoms with E-state index < -0.39 is 47.2 Å². The van der Waals surface area contributed by atoms with Gasteiger partial charge in [-0.05, 0) is 43.7 Å². The number of carbonyl (C=O) groups is 2. The van der Waals surface area contributed by atoms with E-state index in [2.05, 4.69) is 22.1 Å². The fourth-order valence-electron chi connectivity index (χ4n) is 6.24. The summed E-state index contributed by atoms with van der Waals surface area (Å²) in [5.41, 5.74) is 4.38. The van der Waals surface area contributed by atoms with Crippen molar-refractivity contribution >= 4 is 40.7 Å². The predicted octanol–water partition coefficient (Wildman–Crippen LogP) is 7.75. The first kappa shape index (κ1) is 47.6. The smallest absolute Gasteiger partial charge is 0.358 e. The highest BCUT2D eigenvalue weighted by molar-refractivity contribution is 7.10. The zero-order valence-corrected chi connectivity index (χ0v) is 36.4. The molecule has 1 fully saturated rings. The number of aromatic nitrogens is 2. The number of fused-ring (bicyclic) bond motifs is 5. The standard InChI is InChI=1S/C46H61N3O8S2/c1-45(2,38(52)22-14-16-27-50)39-23-10-8-6-7-9-20-34(55-5)29-42-49-36(31-59-42)44(54)57-40(46(3,4)37(51)21-13-15-26-47)24-17-19-33-28-32(33)18-11-12-25-41-48-35(30-58-41)43(53)56-39/h6-14,17-22,25,30-34,37-40,50-52H,15-16,23-24,26-29,47H2,1-5H3/b7-6-,10-8-,18-11+,19-17-,20-9+,21-13+,22-14+,25-12-/t32-,33+,34+,37+,38+,39+,40+/m1/s1. The number of cyclic esters (lactones) is 2. The van der Waals surface area contributed by atoms with Crippen molar-refractivity contribution in [3.05, 3.63) is 123 Å². The normalized spacial score (nSPS) is 27.2. The number of rotatable bonds is 11. The van der Waals surface area contributed by atoms with E-state index in [1.807, 2.05) is 94.5 Å². The molecule has 0 amide bonds. The Kier molecular flexibility index (Phi) is 19.1. The molecule has 1 aliphatic carbocycles. The summed E-state index contributed by atoms with van der Waals surface area (Å²) in [5, 5.41) is 36.2. The van der Waals surface area contributed by atoms with Crippen molar-refractivity contribution < 1.29 is 39.1 Å². The summed E-state index contributed by atoms with van der Waals surface area (Å²) in [5.74, 6) is -0.425. The fourth-order valence-corrected chi connectivity index (χ4v) is 7.74. The molecule has 1 aliphatic heterocycles. The SMILES string of the molecule is CO[C@H]1/C=C/C=C\C=C/C[C@@H](C(C)(C)[C@@H](O)/C=C/CCO)OC(=O)c2csc(n2)/C=C\C=C\[C@@H]2C[C@@H]2/C=C\C[C@@H](C(C)(C)[C@@H](O)/C=C/CCN)OC(=O)c2csc(n2)C1. The minimum atomic E-state index is -0.938. The molecule has 4 bridgehead atoms. The molecule has 3 heterocycles. The summed E-state index contributed by atoms with van der Waals surface area (Å²) >= 11 is 2.69. The first-order valence-electron chi connectivity index (χ1n) is 20.2. The van der Waals surface area contributed by atoms with Crippen molar-refractivity contribution in [3.63, 3.8) is 0 Å². The van der Waals surface area contributed by atoms with E-state index in [4.69, 9.17) is 19.9 Å². The Morgan fingerprint density at radius 1 is 0.814 bits per heavy atom. The van der Waals surface area contributed by atoms with Crippen molar-refractivity contribution in [2.24, 2.45) is 28.4 Å². The van der Waals surface area contributed by atoms with Gasteiger partial charge in [-0.2, -0.15) is 0 Å². The lowest BCUT2D eigenvalue weighted by atomic mass is 9.78. The van der Waals surface area contributed by atoms with Crippen LogP contribution < -0.4 is 5.73 Å². The van der Waals surface area contributed by atoms with Gasteiger partial charge < -0.3 is 35.3 Å². The molecule has 2 aromatic heterocycles. The van der Waals surface area contributed by atoms with Gasteiger partial charge in [-0.15, -0.1) is 22.7 Å². The van der Waals surface area contributed by atoms with E-state index in [9.17, 15) is 24.9 Å². The van der Waals surface area contributed by atoms with Crippen LogP contribution in [0.25, 0.3) is 6.08 Å².